The van der Waals surface area contributed by atoms with Crippen molar-refractivity contribution < 1.29 is 9.84 Å². The zero-order chi connectivity index (χ0) is 11.4. The molecule has 1 aromatic carbocycles. The predicted octanol–water partition coefficient (Wildman–Crippen LogP) is 2.25. The van der Waals surface area contributed by atoms with Crippen molar-refractivity contribution in [2.45, 2.75) is 6.61 Å². The van der Waals surface area contributed by atoms with Gasteiger partial charge in [-0.1, -0.05) is 18.2 Å². The van der Waals surface area contributed by atoms with Crippen molar-refractivity contribution in [1.82, 2.24) is 4.98 Å². The molecule has 3 heteroatoms. The van der Waals surface area contributed by atoms with Crippen LogP contribution in [-0.4, -0.2) is 17.2 Å². The topological polar surface area (TPSA) is 42.4 Å². The third kappa shape index (κ3) is 2.04. The monoisotopic (exact) mass is 215 g/mol. The first-order valence-electron chi connectivity index (χ1n) is 5.03. The lowest BCUT2D eigenvalue weighted by Crippen LogP contribution is -1.90. The van der Waals surface area contributed by atoms with E-state index < -0.39 is 0 Å². The first-order valence-corrected chi connectivity index (χ1v) is 5.03. The third-order valence-corrected chi connectivity index (χ3v) is 2.40. The van der Waals surface area contributed by atoms with E-state index >= 15 is 0 Å². The number of aromatic nitrogens is 1. The van der Waals surface area contributed by atoms with Crippen molar-refractivity contribution in [2.24, 2.45) is 0 Å². The average molecular weight is 215 g/mol. The summed E-state index contributed by atoms with van der Waals surface area (Å²) in [5.41, 5.74) is 2.72. The third-order valence-electron chi connectivity index (χ3n) is 2.40. The Kier molecular flexibility index (Phi) is 3.17. The van der Waals surface area contributed by atoms with Crippen LogP contribution >= 0.6 is 0 Å². The molecule has 0 radical (unpaired) electrons. The van der Waals surface area contributed by atoms with Crippen LogP contribution in [0.3, 0.4) is 0 Å². The van der Waals surface area contributed by atoms with Crippen molar-refractivity contribution in [2.75, 3.05) is 7.11 Å². The molecule has 82 valence electrons. The molecule has 0 atom stereocenters. The number of pyridine rings is 1. The summed E-state index contributed by atoms with van der Waals surface area (Å²) in [5.74, 6) is 0.805. The van der Waals surface area contributed by atoms with E-state index in [1.807, 2.05) is 30.3 Å². The molecule has 1 aromatic heterocycles. The molecule has 0 amide bonds. The fourth-order valence-electron chi connectivity index (χ4n) is 1.60. The molecule has 0 saturated carbocycles. The second kappa shape index (κ2) is 4.77. The second-order valence-corrected chi connectivity index (χ2v) is 3.44. The summed E-state index contributed by atoms with van der Waals surface area (Å²) in [6.07, 6.45) is 3.41. The number of methoxy groups -OCH3 is 1. The molecule has 0 saturated heterocycles. The van der Waals surface area contributed by atoms with E-state index in [4.69, 9.17) is 9.84 Å². The summed E-state index contributed by atoms with van der Waals surface area (Å²) < 4.78 is 5.28. The Morgan fingerprint density at radius 1 is 1.25 bits per heavy atom. The van der Waals surface area contributed by atoms with Crippen LogP contribution in [-0.2, 0) is 6.61 Å². The number of aliphatic hydroxyl groups excluding tert-OH is 1. The van der Waals surface area contributed by atoms with E-state index in [9.17, 15) is 0 Å². The van der Waals surface area contributed by atoms with Gasteiger partial charge in [0.25, 0.3) is 0 Å². The molecular weight excluding hydrogens is 202 g/mol. The minimum absolute atomic E-state index is 0.00398. The van der Waals surface area contributed by atoms with E-state index in [0.717, 1.165) is 22.4 Å². The van der Waals surface area contributed by atoms with E-state index in [0.29, 0.717) is 0 Å². The molecule has 16 heavy (non-hydrogen) atoms. The van der Waals surface area contributed by atoms with Gasteiger partial charge in [0.05, 0.1) is 13.7 Å². The van der Waals surface area contributed by atoms with Crippen LogP contribution in [0.2, 0.25) is 0 Å². The smallest absolute Gasteiger partial charge is 0.126 e. The van der Waals surface area contributed by atoms with Crippen molar-refractivity contribution >= 4 is 0 Å². The minimum atomic E-state index is -0.00398. The SMILES string of the molecule is COc1ccccc1-c1cncc(CO)c1. The van der Waals surface area contributed by atoms with Crippen molar-refractivity contribution in [3.05, 3.63) is 48.3 Å². The van der Waals surface area contributed by atoms with Crippen molar-refractivity contribution in [1.29, 1.82) is 0 Å². The van der Waals surface area contributed by atoms with Crippen LogP contribution in [0.5, 0.6) is 5.75 Å². The average Bonchev–Trinajstić information content (AvgIpc) is 2.38. The van der Waals surface area contributed by atoms with E-state index in [2.05, 4.69) is 4.98 Å². The Morgan fingerprint density at radius 2 is 2.06 bits per heavy atom. The molecule has 0 spiro atoms. The lowest BCUT2D eigenvalue weighted by molar-refractivity contribution is 0.281. The summed E-state index contributed by atoms with van der Waals surface area (Å²) in [4.78, 5) is 4.09. The van der Waals surface area contributed by atoms with Gasteiger partial charge in [0.2, 0.25) is 0 Å². The van der Waals surface area contributed by atoms with Crippen LogP contribution in [0, 0.1) is 0 Å². The first kappa shape index (κ1) is 10.6. The highest BCUT2D eigenvalue weighted by Crippen LogP contribution is 2.29. The molecule has 0 aliphatic heterocycles. The summed E-state index contributed by atoms with van der Waals surface area (Å²) >= 11 is 0. The highest BCUT2D eigenvalue weighted by atomic mass is 16.5. The number of benzene rings is 1. The number of ether oxygens (including phenoxy) is 1. The molecule has 0 unspecified atom stereocenters. The number of rotatable bonds is 3. The largest absolute Gasteiger partial charge is 0.496 e. The summed E-state index contributed by atoms with van der Waals surface area (Å²) in [6.45, 7) is -0.00398. The quantitative estimate of drug-likeness (QED) is 0.853. The Hall–Kier alpha value is -1.87. The molecule has 0 fully saturated rings. The number of aliphatic hydroxyl groups is 1. The van der Waals surface area contributed by atoms with E-state index in [1.165, 1.54) is 0 Å². The van der Waals surface area contributed by atoms with Gasteiger partial charge in [-0.2, -0.15) is 0 Å². The van der Waals surface area contributed by atoms with Gasteiger partial charge in [-0.3, -0.25) is 4.98 Å². The lowest BCUT2D eigenvalue weighted by atomic mass is 10.1. The molecule has 1 heterocycles. The lowest BCUT2D eigenvalue weighted by Gasteiger charge is -2.08. The Balaban J connectivity index is 2.49. The van der Waals surface area contributed by atoms with Crippen LogP contribution < -0.4 is 4.74 Å². The van der Waals surface area contributed by atoms with Crippen molar-refractivity contribution in [3.8, 4) is 16.9 Å². The van der Waals surface area contributed by atoms with Gasteiger partial charge in [-0.25, -0.2) is 0 Å². The molecule has 3 nitrogen and oxygen atoms in total. The van der Waals surface area contributed by atoms with Gasteiger partial charge in [0, 0.05) is 23.5 Å². The van der Waals surface area contributed by atoms with Gasteiger partial charge >= 0.3 is 0 Å². The number of hydrogen-bond donors (Lipinski definition) is 1. The fourth-order valence-corrected chi connectivity index (χ4v) is 1.60. The molecular formula is C13H13NO2. The molecule has 0 aliphatic rings. The maximum atomic E-state index is 9.06. The zero-order valence-electron chi connectivity index (χ0n) is 9.05. The van der Waals surface area contributed by atoms with Gasteiger partial charge < -0.3 is 9.84 Å². The second-order valence-electron chi connectivity index (χ2n) is 3.44. The van der Waals surface area contributed by atoms with Crippen LogP contribution in [0.1, 0.15) is 5.56 Å². The van der Waals surface area contributed by atoms with Crippen LogP contribution in [0.25, 0.3) is 11.1 Å². The van der Waals surface area contributed by atoms with E-state index in [1.54, 1.807) is 19.5 Å². The molecule has 0 bridgehead atoms. The van der Waals surface area contributed by atoms with Gasteiger partial charge in [-0.15, -0.1) is 0 Å². The number of hydrogen-bond acceptors (Lipinski definition) is 3. The van der Waals surface area contributed by atoms with Crippen molar-refractivity contribution in [3.63, 3.8) is 0 Å². The fraction of sp³-hybridized carbons (Fsp3) is 0.154. The number of nitrogens with zero attached hydrogens (tertiary/aromatic N) is 1. The Labute approximate surface area is 94.3 Å². The maximum absolute atomic E-state index is 9.06. The van der Waals surface area contributed by atoms with Gasteiger partial charge in [0.1, 0.15) is 5.75 Å². The maximum Gasteiger partial charge on any atom is 0.126 e. The normalized spacial score (nSPS) is 10.1. The molecule has 2 rings (SSSR count). The predicted molar refractivity (Wildman–Crippen MR) is 62.1 cm³/mol. The van der Waals surface area contributed by atoms with Gasteiger partial charge in [0.15, 0.2) is 0 Å². The minimum Gasteiger partial charge on any atom is -0.496 e. The summed E-state index contributed by atoms with van der Waals surface area (Å²) in [6, 6.07) is 9.65. The first-order chi connectivity index (χ1) is 7.85. The highest BCUT2D eigenvalue weighted by Gasteiger charge is 2.05. The summed E-state index contributed by atoms with van der Waals surface area (Å²) in [7, 11) is 1.64. The van der Waals surface area contributed by atoms with Crippen LogP contribution in [0.15, 0.2) is 42.7 Å². The molecule has 2 aromatic rings. The van der Waals surface area contributed by atoms with E-state index in [-0.39, 0.29) is 6.61 Å². The molecule has 0 aliphatic carbocycles. The zero-order valence-corrected chi connectivity index (χ0v) is 9.05. The highest BCUT2D eigenvalue weighted by molar-refractivity contribution is 5.70. The standard InChI is InChI=1S/C13H13NO2/c1-16-13-5-3-2-4-12(13)11-6-10(9-15)7-14-8-11/h2-8,15H,9H2,1H3. The van der Waals surface area contributed by atoms with Crippen LogP contribution in [0.4, 0.5) is 0 Å². The van der Waals surface area contributed by atoms with Gasteiger partial charge in [-0.05, 0) is 17.7 Å². The Bertz CT molecular complexity index is 483. The Morgan fingerprint density at radius 3 is 2.81 bits per heavy atom. The molecule has 1 N–H and O–H groups in total. The number of para-hydroxylation sites is 1. The summed E-state index contributed by atoms with van der Waals surface area (Å²) in [5, 5.41) is 9.06.